The summed E-state index contributed by atoms with van der Waals surface area (Å²) in [6.07, 6.45) is -11.5. The van der Waals surface area contributed by atoms with Gasteiger partial charge >= 0.3 is 24.5 Å². The van der Waals surface area contributed by atoms with Gasteiger partial charge in [0, 0.05) is 12.6 Å². The van der Waals surface area contributed by atoms with Gasteiger partial charge in [0.2, 0.25) is 0 Å². The summed E-state index contributed by atoms with van der Waals surface area (Å²) in [5.41, 5.74) is -1.67. The molecule has 0 saturated heterocycles. The van der Waals surface area contributed by atoms with E-state index in [1.165, 1.54) is 4.90 Å². The van der Waals surface area contributed by atoms with E-state index in [4.69, 9.17) is 9.47 Å². The molecule has 12 heteroatoms. The first-order valence-corrected chi connectivity index (χ1v) is 11.4. The van der Waals surface area contributed by atoms with E-state index in [1.807, 2.05) is 0 Å². The molecule has 1 heterocycles. The van der Waals surface area contributed by atoms with Crippen molar-refractivity contribution in [1.82, 2.24) is 4.90 Å². The van der Waals surface area contributed by atoms with Crippen LogP contribution in [0.5, 0.6) is 0 Å². The maximum Gasteiger partial charge on any atom is 0.416 e. The quantitative estimate of drug-likeness (QED) is 0.394. The number of fused-ring (bicyclic) bond motifs is 1. The Kier molecular flexibility index (Phi) is 7.99. The average Bonchev–Trinajstić information content (AvgIpc) is 2.80. The van der Waals surface area contributed by atoms with Crippen LogP contribution >= 0.6 is 0 Å². The van der Waals surface area contributed by atoms with Gasteiger partial charge in [-0.1, -0.05) is 17.7 Å². The molecule has 1 aliphatic rings. The Bertz CT molecular complexity index is 1130. The molecular formula is C25H26F6N2O4. The van der Waals surface area contributed by atoms with Crippen LogP contribution in [-0.2, 0) is 28.4 Å². The number of hydrogen-bond donors (Lipinski definition) is 0. The third kappa shape index (κ3) is 6.11. The van der Waals surface area contributed by atoms with Gasteiger partial charge in [-0.05, 0) is 62.6 Å². The van der Waals surface area contributed by atoms with Crippen molar-refractivity contribution in [3.05, 3.63) is 64.2 Å². The maximum atomic E-state index is 13.4. The number of hydrogen-bond acceptors (Lipinski definition) is 4. The van der Waals surface area contributed by atoms with Crippen LogP contribution in [0.15, 0.2) is 36.4 Å². The van der Waals surface area contributed by atoms with Crippen LogP contribution in [0.2, 0.25) is 0 Å². The molecule has 0 unspecified atom stereocenters. The molecule has 202 valence electrons. The largest absolute Gasteiger partial charge is 0.453 e. The zero-order valence-electron chi connectivity index (χ0n) is 20.5. The molecule has 1 aliphatic heterocycles. The van der Waals surface area contributed by atoms with E-state index in [1.54, 1.807) is 39.0 Å². The fourth-order valence-electron chi connectivity index (χ4n) is 4.45. The molecule has 0 bridgehead atoms. The standard InChI is InChI=1S/C25H26F6N2O4/c1-5-37-23(35)33-15(3)9-21(19-8-14(2)6-7-20(19)33)32(22(34)36-4)13-16-10-17(24(26,27)28)12-18(11-16)25(29,30)31/h6-8,10-12,15,21H,5,9,13H2,1-4H3/t15-,21+/m1/s1. The highest BCUT2D eigenvalue weighted by atomic mass is 19.4. The van der Waals surface area contributed by atoms with Gasteiger partial charge in [0.1, 0.15) is 0 Å². The van der Waals surface area contributed by atoms with Crippen LogP contribution in [0.3, 0.4) is 0 Å². The van der Waals surface area contributed by atoms with E-state index < -0.39 is 54.3 Å². The number of amides is 2. The maximum absolute atomic E-state index is 13.4. The summed E-state index contributed by atoms with van der Waals surface area (Å²) in [5.74, 6) is 0. The summed E-state index contributed by atoms with van der Waals surface area (Å²) < 4.78 is 90.5. The third-order valence-corrected chi connectivity index (χ3v) is 6.06. The van der Waals surface area contributed by atoms with Gasteiger partial charge in [-0.25, -0.2) is 9.59 Å². The van der Waals surface area contributed by atoms with Gasteiger partial charge in [0.05, 0.1) is 36.6 Å². The summed E-state index contributed by atoms with van der Waals surface area (Å²) in [7, 11) is 1.07. The number of carbonyl (C=O) groups excluding carboxylic acids is 2. The molecule has 0 saturated carbocycles. The number of anilines is 1. The lowest BCUT2D eigenvalue weighted by Crippen LogP contribution is -2.47. The van der Waals surface area contributed by atoms with Gasteiger partial charge in [-0.2, -0.15) is 26.3 Å². The van der Waals surface area contributed by atoms with Crippen LogP contribution < -0.4 is 4.90 Å². The van der Waals surface area contributed by atoms with Crippen LogP contribution in [0.4, 0.5) is 41.6 Å². The molecule has 0 radical (unpaired) electrons. The molecule has 3 rings (SSSR count). The molecule has 2 amide bonds. The number of methoxy groups -OCH3 is 1. The normalized spacial score (nSPS) is 17.7. The lowest BCUT2D eigenvalue weighted by molar-refractivity contribution is -0.143. The lowest BCUT2D eigenvalue weighted by atomic mass is 9.89. The van der Waals surface area contributed by atoms with Gasteiger partial charge < -0.3 is 9.47 Å². The van der Waals surface area contributed by atoms with Gasteiger partial charge in [-0.3, -0.25) is 9.80 Å². The molecular weight excluding hydrogens is 506 g/mol. The van der Waals surface area contributed by atoms with Crippen LogP contribution in [-0.4, -0.2) is 36.8 Å². The summed E-state index contributed by atoms with van der Waals surface area (Å²) in [6.45, 7) is 4.65. The third-order valence-electron chi connectivity index (χ3n) is 6.06. The topological polar surface area (TPSA) is 59.1 Å². The van der Waals surface area contributed by atoms with Crippen LogP contribution in [0.25, 0.3) is 0 Å². The number of carbonyl (C=O) groups is 2. The van der Waals surface area contributed by atoms with Crippen molar-refractivity contribution in [2.45, 2.75) is 58.2 Å². The summed E-state index contributed by atoms with van der Waals surface area (Å²) in [5, 5.41) is 0. The zero-order valence-corrected chi connectivity index (χ0v) is 20.5. The van der Waals surface area contributed by atoms with E-state index >= 15 is 0 Å². The van der Waals surface area contributed by atoms with Crippen LogP contribution in [0, 0.1) is 6.92 Å². The average molecular weight is 532 g/mol. The van der Waals surface area contributed by atoms with Gasteiger partial charge in [0.15, 0.2) is 0 Å². The van der Waals surface area contributed by atoms with Crippen molar-refractivity contribution in [3.8, 4) is 0 Å². The molecule has 2 atom stereocenters. The number of alkyl halides is 6. The molecule has 2 aromatic carbocycles. The highest BCUT2D eigenvalue weighted by molar-refractivity contribution is 5.90. The minimum Gasteiger partial charge on any atom is -0.453 e. The Labute approximate surface area is 209 Å². The molecule has 0 spiro atoms. The van der Waals surface area contributed by atoms with Crippen molar-refractivity contribution in [1.29, 1.82) is 0 Å². The van der Waals surface area contributed by atoms with E-state index in [0.717, 1.165) is 17.6 Å². The molecule has 0 fully saturated rings. The Morgan fingerprint density at radius 3 is 2.14 bits per heavy atom. The second kappa shape index (κ2) is 10.5. The molecule has 2 aromatic rings. The number of benzene rings is 2. The first kappa shape index (κ1) is 28.1. The number of rotatable bonds is 4. The van der Waals surface area contributed by atoms with Crippen molar-refractivity contribution < 1.29 is 45.4 Å². The Hall–Kier alpha value is -3.44. The van der Waals surface area contributed by atoms with E-state index in [-0.39, 0.29) is 24.7 Å². The Morgan fingerprint density at radius 2 is 1.62 bits per heavy atom. The van der Waals surface area contributed by atoms with Crippen molar-refractivity contribution in [3.63, 3.8) is 0 Å². The Morgan fingerprint density at radius 1 is 1.03 bits per heavy atom. The van der Waals surface area contributed by atoms with Crippen molar-refractivity contribution >= 4 is 17.9 Å². The highest BCUT2D eigenvalue weighted by Gasteiger charge is 2.41. The van der Waals surface area contributed by atoms with E-state index in [0.29, 0.717) is 23.4 Å². The number of aryl methyl sites for hydroxylation is 1. The second-order valence-corrected chi connectivity index (χ2v) is 8.74. The monoisotopic (exact) mass is 532 g/mol. The van der Waals surface area contributed by atoms with Crippen molar-refractivity contribution in [2.75, 3.05) is 18.6 Å². The number of nitrogens with zero attached hydrogens (tertiary/aromatic N) is 2. The number of halogens is 6. The second-order valence-electron chi connectivity index (χ2n) is 8.74. The molecule has 0 aliphatic carbocycles. The van der Waals surface area contributed by atoms with E-state index in [9.17, 15) is 35.9 Å². The van der Waals surface area contributed by atoms with Gasteiger partial charge in [0.25, 0.3) is 0 Å². The predicted octanol–water partition coefficient (Wildman–Crippen LogP) is 7.10. The molecule has 6 nitrogen and oxygen atoms in total. The van der Waals surface area contributed by atoms with Gasteiger partial charge in [-0.15, -0.1) is 0 Å². The van der Waals surface area contributed by atoms with E-state index in [2.05, 4.69) is 0 Å². The fourth-order valence-corrected chi connectivity index (χ4v) is 4.45. The van der Waals surface area contributed by atoms with Crippen molar-refractivity contribution in [2.24, 2.45) is 0 Å². The summed E-state index contributed by atoms with van der Waals surface area (Å²) in [4.78, 5) is 28.0. The fraction of sp³-hybridized carbons (Fsp3) is 0.440. The minimum absolute atomic E-state index is 0.0323. The highest BCUT2D eigenvalue weighted by Crippen LogP contribution is 2.43. The Balaban J connectivity index is 2.12. The molecule has 37 heavy (non-hydrogen) atoms. The first-order chi connectivity index (χ1) is 17.2. The minimum atomic E-state index is -5.03. The molecule has 0 N–H and O–H groups in total. The smallest absolute Gasteiger partial charge is 0.416 e. The SMILES string of the molecule is CCOC(=O)N1c2ccc(C)cc2[C@@H](N(Cc2cc(C(F)(F)F)cc(C(F)(F)F)c2)C(=O)OC)C[C@H]1C. The first-order valence-electron chi connectivity index (χ1n) is 11.4. The number of ether oxygens (including phenoxy) is 2. The zero-order chi connectivity index (χ0) is 27.7. The predicted molar refractivity (Wildman–Crippen MR) is 122 cm³/mol. The summed E-state index contributed by atoms with van der Waals surface area (Å²) in [6, 6.07) is 4.98. The molecule has 0 aromatic heterocycles. The lowest BCUT2D eigenvalue weighted by Gasteiger charge is -2.42. The summed E-state index contributed by atoms with van der Waals surface area (Å²) >= 11 is 0. The van der Waals surface area contributed by atoms with Crippen LogP contribution in [0.1, 0.15) is 54.1 Å².